The fourth-order valence-corrected chi connectivity index (χ4v) is 1.07. The molecular weight excluding hydrogens is 176 g/mol. The first-order valence-electron chi connectivity index (χ1n) is 5.44. The van der Waals surface area contributed by atoms with Crippen molar-refractivity contribution in [2.75, 3.05) is 6.61 Å². The number of hydrogen-bond donors (Lipinski definition) is 0. The Balaban J connectivity index is 3.93. The van der Waals surface area contributed by atoms with E-state index in [1.807, 2.05) is 26.8 Å². The molecular formula is C12H22O2. The van der Waals surface area contributed by atoms with Gasteiger partial charge in [0.1, 0.15) is 0 Å². The van der Waals surface area contributed by atoms with E-state index in [-0.39, 0.29) is 5.97 Å². The summed E-state index contributed by atoms with van der Waals surface area (Å²) in [6, 6.07) is 0. The van der Waals surface area contributed by atoms with E-state index in [9.17, 15) is 4.79 Å². The van der Waals surface area contributed by atoms with Crippen molar-refractivity contribution in [2.24, 2.45) is 5.92 Å². The molecule has 0 N–H and O–H groups in total. The molecule has 0 fully saturated rings. The molecule has 14 heavy (non-hydrogen) atoms. The van der Waals surface area contributed by atoms with Crippen LogP contribution in [0.1, 0.15) is 47.0 Å². The Labute approximate surface area is 87.3 Å². The maximum Gasteiger partial charge on any atom is 0.333 e. The fourth-order valence-electron chi connectivity index (χ4n) is 1.07. The molecule has 82 valence electrons. The summed E-state index contributed by atoms with van der Waals surface area (Å²) in [5, 5.41) is 0. The lowest BCUT2D eigenvalue weighted by atomic mass is 10.1. The van der Waals surface area contributed by atoms with Gasteiger partial charge in [-0.15, -0.1) is 0 Å². The Hall–Kier alpha value is -0.790. The highest BCUT2D eigenvalue weighted by Crippen LogP contribution is 2.09. The van der Waals surface area contributed by atoms with E-state index in [1.165, 1.54) is 0 Å². The highest BCUT2D eigenvalue weighted by molar-refractivity contribution is 5.88. The molecule has 0 aromatic heterocycles. The van der Waals surface area contributed by atoms with Gasteiger partial charge in [0, 0.05) is 5.57 Å². The molecule has 0 aliphatic rings. The number of esters is 1. The van der Waals surface area contributed by atoms with Crippen LogP contribution in [0.15, 0.2) is 11.6 Å². The van der Waals surface area contributed by atoms with Gasteiger partial charge in [-0.3, -0.25) is 0 Å². The third kappa shape index (κ3) is 5.79. The molecule has 0 saturated heterocycles. The van der Waals surface area contributed by atoms with Gasteiger partial charge in [-0.25, -0.2) is 4.79 Å². The van der Waals surface area contributed by atoms with Gasteiger partial charge in [-0.1, -0.05) is 33.3 Å². The van der Waals surface area contributed by atoms with Gasteiger partial charge in [-0.05, 0) is 25.7 Å². The molecule has 0 rings (SSSR count). The van der Waals surface area contributed by atoms with Gasteiger partial charge >= 0.3 is 5.97 Å². The van der Waals surface area contributed by atoms with E-state index in [4.69, 9.17) is 4.74 Å². The molecule has 0 spiro atoms. The normalized spacial score (nSPS) is 11.9. The molecule has 0 heterocycles. The molecule has 0 saturated carbocycles. The van der Waals surface area contributed by atoms with E-state index >= 15 is 0 Å². The maximum absolute atomic E-state index is 11.5. The van der Waals surface area contributed by atoms with Gasteiger partial charge in [0.05, 0.1) is 6.61 Å². The van der Waals surface area contributed by atoms with Crippen LogP contribution < -0.4 is 0 Å². The quantitative estimate of drug-likeness (QED) is 0.483. The molecule has 2 nitrogen and oxygen atoms in total. The SMILES string of the molecule is C/C=C(\CCCC)C(=O)OCC(C)C. The van der Waals surface area contributed by atoms with Crippen LogP contribution in [0, 0.1) is 5.92 Å². The van der Waals surface area contributed by atoms with E-state index in [0.29, 0.717) is 12.5 Å². The summed E-state index contributed by atoms with van der Waals surface area (Å²) in [5.41, 5.74) is 0.812. The highest BCUT2D eigenvalue weighted by Gasteiger charge is 2.09. The Morgan fingerprint density at radius 1 is 1.43 bits per heavy atom. The summed E-state index contributed by atoms with van der Waals surface area (Å²) in [6.45, 7) is 8.60. The summed E-state index contributed by atoms with van der Waals surface area (Å²) in [6.07, 6.45) is 4.85. The molecule has 0 aromatic carbocycles. The zero-order valence-corrected chi connectivity index (χ0v) is 9.80. The molecule has 0 aliphatic carbocycles. The number of ether oxygens (including phenoxy) is 1. The standard InChI is InChI=1S/C12H22O2/c1-5-7-8-11(6-2)12(13)14-9-10(3)4/h6,10H,5,7-9H2,1-4H3/b11-6+. The number of unbranched alkanes of at least 4 members (excludes halogenated alkanes) is 1. The van der Waals surface area contributed by atoms with Crippen molar-refractivity contribution in [2.45, 2.75) is 47.0 Å². The molecule has 0 atom stereocenters. The van der Waals surface area contributed by atoms with E-state index in [2.05, 4.69) is 6.92 Å². The van der Waals surface area contributed by atoms with Crippen LogP contribution in [-0.4, -0.2) is 12.6 Å². The number of carbonyl (C=O) groups is 1. The van der Waals surface area contributed by atoms with Gasteiger partial charge in [0.15, 0.2) is 0 Å². The topological polar surface area (TPSA) is 26.3 Å². The zero-order valence-electron chi connectivity index (χ0n) is 9.80. The third-order valence-corrected chi connectivity index (χ3v) is 1.96. The van der Waals surface area contributed by atoms with Crippen LogP contribution in [0.2, 0.25) is 0 Å². The second kappa shape index (κ2) is 7.60. The lowest BCUT2D eigenvalue weighted by Gasteiger charge is -2.09. The molecule has 2 heteroatoms. The van der Waals surface area contributed by atoms with Gasteiger partial charge < -0.3 is 4.74 Å². The number of carbonyl (C=O) groups excluding carboxylic acids is 1. The minimum atomic E-state index is -0.144. The molecule has 0 aromatic rings. The average Bonchev–Trinajstić information content (AvgIpc) is 2.16. The van der Waals surface area contributed by atoms with Gasteiger partial charge in [0.2, 0.25) is 0 Å². The van der Waals surface area contributed by atoms with Crippen LogP contribution in [0.3, 0.4) is 0 Å². The van der Waals surface area contributed by atoms with Crippen LogP contribution in [0.4, 0.5) is 0 Å². The lowest BCUT2D eigenvalue weighted by molar-refractivity contribution is -0.140. The minimum absolute atomic E-state index is 0.144. The van der Waals surface area contributed by atoms with Crippen LogP contribution in [0.25, 0.3) is 0 Å². The minimum Gasteiger partial charge on any atom is -0.462 e. The van der Waals surface area contributed by atoms with Crippen LogP contribution >= 0.6 is 0 Å². The number of allylic oxidation sites excluding steroid dienone is 1. The van der Waals surface area contributed by atoms with Gasteiger partial charge in [-0.2, -0.15) is 0 Å². The predicted molar refractivity (Wildman–Crippen MR) is 59.1 cm³/mol. The Kier molecular flexibility index (Phi) is 7.17. The van der Waals surface area contributed by atoms with Crippen LogP contribution in [-0.2, 0) is 9.53 Å². The maximum atomic E-state index is 11.5. The first kappa shape index (κ1) is 13.2. The first-order valence-corrected chi connectivity index (χ1v) is 5.44. The molecule has 0 aliphatic heterocycles. The van der Waals surface area contributed by atoms with Crippen molar-refractivity contribution in [3.63, 3.8) is 0 Å². The smallest absolute Gasteiger partial charge is 0.333 e. The van der Waals surface area contributed by atoms with E-state index in [1.54, 1.807) is 0 Å². The van der Waals surface area contributed by atoms with Crippen molar-refractivity contribution in [3.8, 4) is 0 Å². The van der Waals surface area contributed by atoms with Crippen molar-refractivity contribution < 1.29 is 9.53 Å². The van der Waals surface area contributed by atoms with Crippen molar-refractivity contribution >= 4 is 5.97 Å². The predicted octanol–water partition coefficient (Wildman–Crippen LogP) is 3.32. The van der Waals surface area contributed by atoms with Crippen molar-refractivity contribution in [1.82, 2.24) is 0 Å². The Morgan fingerprint density at radius 3 is 2.50 bits per heavy atom. The van der Waals surface area contributed by atoms with E-state index in [0.717, 1.165) is 24.8 Å². The van der Waals surface area contributed by atoms with Crippen molar-refractivity contribution in [3.05, 3.63) is 11.6 Å². The number of rotatable bonds is 6. The summed E-state index contributed by atoms with van der Waals surface area (Å²) < 4.78 is 5.15. The summed E-state index contributed by atoms with van der Waals surface area (Å²) in [7, 11) is 0. The third-order valence-electron chi connectivity index (χ3n) is 1.96. The molecule has 0 bridgehead atoms. The summed E-state index contributed by atoms with van der Waals surface area (Å²) in [5.74, 6) is 0.262. The zero-order chi connectivity index (χ0) is 11.0. The molecule has 0 amide bonds. The second-order valence-electron chi connectivity index (χ2n) is 3.91. The van der Waals surface area contributed by atoms with Crippen LogP contribution in [0.5, 0.6) is 0 Å². The van der Waals surface area contributed by atoms with E-state index < -0.39 is 0 Å². The Morgan fingerprint density at radius 2 is 2.07 bits per heavy atom. The average molecular weight is 198 g/mol. The largest absolute Gasteiger partial charge is 0.462 e. The fraction of sp³-hybridized carbons (Fsp3) is 0.750. The number of hydrogen-bond acceptors (Lipinski definition) is 2. The molecule has 0 unspecified atom stereocenters. The molecule has 0 radical (unpaired) electrons. The highest BCUT2D eigenvalue weighted by atomic mass is 16.5. The Bertz CT molecular complexity index is 192. The monoisotopic (exact) mass is 198 g/mol. The second-order valence-corrected chi connectivity index (χ2v) is 3.91. The van der Waals surface area contributed by atoms with Gasteiger partial charge in [0.25, 0.3) is 0 Å². The van der Waals surface area contributed by atoms with Crippen molar-refractivity contribution in [1.29, 1.82) is 0 Å². The lowest BCUT2D eigenvalue weighted by Crippen LogP contribution is -2.12. The summed E-state index contributed by atoms with van der Waals surface area (Å²) in [4.78, 5) is 11.5. The first-order chi connectivity index (χ1) is 6.61. The summed E-state index contributed by atoms with van der Waals surface area (Å²) >= 11 is 0.